The molecule has 1 saturated carbocycles. The molecule has 0 bridgehead atoms. The van der Waals surface area contributed by atoms with Gasteiger partial charge in [-0.2, -0.15) is 0 Å². The molecule has 5 nitrogen and oxygen atoms in total. The smallest absolute Gasteiger partial charge is 0.225 e. The normalized spacial score (nSPS) is 26.2. The van der Waals surface area contributed by atoms with Crippen LogP contribution in [-0.2, 0) is 9.59 Å². The lowest BCUT2D eigenvalue weighted by molar-refractivity contribution is -0.130. The van der Waals surface area contributed by atoms with Crippen LogP contribution in [0.1, 0.15) is 65.7 Å². The predicted octanol–water partition coefficient (Wildman–Crippen LogP) is 2.08. The summed E-state index contributed by atoms with van der Waals surface area (Å²) in [4.78, 5) is 26.6. The lowest BCUT2D eigenvalue weighted by Gasteiger charge is -2.29. The molecule has 23 heavy (non-hydrogen) atoms. The number of hydrogen-bond acceptors (Lipinski definition) is 3. The molecule has 1 saturated heterocycles. The largest absolute Gasteiger partial charge is 0.388 e. The summed E-state index contributed by atoms with van der Waals surface area (Å²) in [5.41, 5.74) is -0.917. The molecule has 2 atom stereocenters. The molecule has 0 spiro atoms. The zero-order valence-corrected chi connectivity index (χ0v) is 14.8. The van der Waals surface area contributed by atoms with Gasteiger partial charge in [-0.3, -0.25) is 9.59 Å². The van der Waals surface area contributed by atoms with E-state index in [2.05, 4.69) is 5.32 Å². The summed E-state index contributed by atoms with van der Waals surface area (Å²) in [5, 5.41) is 13.1. The Morgan fingerprint density at radius 1 is 1.30 bits per heavy atom. The third-order valence-corrected chi connectivity index (χ3v) is 5.66. The fourth-order valence-electron chi connectivity index (χ4n) is 3.44. The molecule has 0 aromatic heterocycles. The summed E-state index contributed by atoms with van der Waals surface area (Å²) < 4.78 is 0. The van der Waals surface area contributed by atoms with E-state index in [1.165, 1.54) is 25.7 Å². The summed E-state index contributed by atoms with van der Waals surface area (Å²) in [6.07, 6.45) is 7.33. The molecule has 2 N–H and O–H groups in total. The highest BCUT2D eigenvalue weighted by atomic mass is 16.3. The molecule has 0 aromatic carbocycles. The Labute approximate surface area is 139 Å². The fraction of sp³-hybridized carbons (Fsp3) is 0.889. The van der Waals surface area contributed by atoms with Gasteiger partial charge in [0, 0.05) is 25.6 Å². The van der Waals surface area contributed by atoms with Crippen LogP contribution in [0.5, 0.6) is 0 Å². The zero-order chi connectivity index (χ0) is 17.0. The monoisotopic (exact) mass is 324 g/mol. The SMILES string of the molecule is CC(C)C(C)(O)CNC(=O)C1CC(=O)N(C2CCCCCC2)C1. The van der Waals surface area contributed by atoms with Gasteiger partial charge in [0.1, 0.15) is 0 Å². The van der Waals surface area contributed by atoms with Gasteiger partial charge >= 0.3 is 0 Å². The highest BCUT2D eigenvalue weighted by Crippen LogP contribution is 2.28. The maximum absolute atomic E-state index is 12.4. The van der Waals surface area contributed by atoms with Crippen molar-refractivity contribution in [1.82, 2.24) is 10.2 Å². The molecule has 0 aromatic rings. The Kier molecular flexibility index (Phi) is 6.06. The molecule has 0 radical (unpaired) electrons. The van der Waals surface area contributed by atoms with Crippen molar-refractivity contribution in [2.45, 2.75) is 77.4 Å². The van der Waals surface area contributed by atoms with Crippen LogP contribution in [0.2, 0.25) is 0 Å². The first kappa shape index (κ1) is 18.2. The summed E-state index contributed by atoms with van der Waals surface area (Å²) in [7, 11) is 0. The van der Waals surface area contributed by atoms with Crippen molar-refractivity contribution in [3.05, 3.63) is 0 Å². The lowest BCUT2D eigenvalue weighted by atomic mass is 9.92. The Hall–Kier alpha value is -1.10. The van der Waals surface area contributed by atoms with Crippen LogP contribution in [0.4, 0.5) is 0 Å². The second-order valence-electron chi connectivity index (χ2n) is 7.82. The van der Waals surface area contributed by atoms with Crippen molar-refractivity contribution >= 4 is 11.8 Å². The van der Waals surface area contributed by atoms with Gasteiger partial charge in [0.05, 0.1) is 11.5 Å². The first-order chi connectivity index (χ1) is 10.8. The Morgan fingerprint density at radius 2 is 1.91 bits per heavy atom. The van der Waals surface area contributed by atoms with Crippen molar-refractivity contribution in [1.29, 1.82) is 0 Å². The van der Waals surface area contributed by atoms with E-state index in [0.717, 1.165) is 12.8 Å². The number of carbonyl (C=O) groups excluding carboxylic acids is 2. The summed E-state index contributed by atoms with van der Waals surface area (Å²) in [6, 6.07) is 0.321. The quantitative estimate of drug-likeness (QED) is 0.761. The number of amides is 2. The van der Waals surface area contributed by atoms with E-state index in [1.54, 1.807) is 6.92 Å². The van der Waals surface area contributed by atoms with Crippen LogP contribution in [0, 0.1) is 11.8 Å². The van der Waals surface area contributed by atoms with Crippen molar-refractivity contribution in [3.63, 3.8) is 0 Å². The van der Waals surface area contributed by atoms with Gasteiger partial charge in [0.15, 0.2) is 0 Å². The molecule has 5 heteroatoms. The Morgan fingerprint density at radius 3 is 2.48 bits per heavy atom. The second kappa shape index (κ2) is 7.65. The topological polar surface area (TPSA) is 69.6 Å². The standard InChI is InChI=1S/C18H32N2O3/c1-13(2)18(3,23)12-19-17(22)14-10-16(21)20(11-14)15-8-6-4-5-7-9-15/h13-15,23H,4-12H2,1-3H3,(H,19,22). The summed E-state index contributed by atoms with van der Waals surface area (Å²) >= 11 is 0. The van der Waals surface area contributed by atoms with E-state index in [4.69, 9.17) is 0 Å². The van der Waals surface area contributed by atoms with E-state index < -0.39 is 5.60 Å². The number of nitrogens with zero attached hydrogens (tertiary/aromatic N) is 1. The Bertz CT molecular complexity index is 426. The third kappa shape index (κ3) is 4.69. The number of aliphatic hydroxyl groups is 1. The van der Waals surface area contributed by atoms with Gasteiger partial charge in [-0.05, 0) is 25.7 Å². The number of hydrogen-bond donors (Lipinski definition) is 2. The number of nitrogens with one attached hydrogen (secondary N) is 1. The van der Waals surface area contributed by atoms with Gasteiger partial charge in [0.25, 0.3) is 0 Å². The highest BCUT2D eigenvalue weighted by Gasteiger charge is 2.38. The van der Waals surface area contributed by atoms with Gasteiger partial charge in [-0.15, -0.1) is 0 Å². The maximum atomic E-state index is 12.4. The zero-order valence-electron chi connectivity index (χ0n) is 14.8. The highest BCUT2D eigenvalue weighted by molar-refractivity contribution is 5.89. The van der Waals surface area contributed by atoms with Gasteiger partial charge in [-0.25, -0.2) is 0 Å². The minimum Gasteiger partial charge on any atom is -0.388 e. The first-order valence-corrected chi connectivity index (χ1v) is 9.11. The van der Waals surface area contributed by atoms with Crippen molar-refractivity contribution in [3.8, 4) is 0 Å². The summed E-state index contributed by atoms with van der Waals surface area (Å²) in [5.74, 6) is -0.188. The second-order valence-corrected chi connectivity index (χ2v) is 7.82. The average molecular weight is 324 g/mol. The number of carbonyl (C=O) groups is 2. The van der Waals surface area contributed by atoms with Crippen LogP contribution in [0.15, 0.2) is 0 Å². The van der Waals surface area contributed by atoms with Crippen LogP contribution < -0.4 is 5.32 Å². The molecule has 2 unspecified atom stereocenters. The van der Waals surface area contributed by atoms with E-state index in [1.807, 2.05) is 18.7 Å². The average Bonchev–Trinajstić information content (AvgIpc) is 2.72. The van der Waals surface area contributed by atoms with Crippen LogP contribution >= 0.6 is 0 Å². The minimum atomic E-state index is -0.917. The molecule has 2 fully saturated rings. The molecule has 2 amide bonds. The molecule has 1 aliphatic carbocycles. The fourth-order valence-corrected chi connectivity index (χ4v) is 3.44. The molecule has 2 rings (SSSR count). The van der Waals surface area contributed by atoms with Crippen molar-refractivity contribution in [2.75, 3.05) is 13.1 Å². The maximum Gasteiger partial charge on any atom is 0.225 e. The third-order valence-electron chi connectivity index (χ3n) is 5.66. The van der Waals surface area contributed by atoms with Crippen LogP contribution in [0.3, 0.4) is 0 Å². The van der Waals surface area contributed by atoms with E-state index in [9.17, 15) is 14.7 Å². The van der Waals surface area contributed by atoms with E-state index in [-0.39, 0.29) is 30.2 Å². The van der Waals surface area contributed by atoms with E-state index in [0.29, 0.717) is 19.0 Å². The van der Waals surface area contributed by atoms with Crippen LogP contribution in [-0.4, -0.2) is 46.6 Å². The molecular formula is C18H32N2O3. The number of likely N-dealkylation sites (tertiary alicyclic amines) is 1. The predicted molar refractivity (Wildman–Crippen MR) is 89.8 cm³/mol. The molecule has 1 aliphatic heterocycles. The summed E-state index contributed by atoms with van der Waals surface area (Å²) in [6.45, 7) is 6.37. The lowest BCUT2D eigenvalue weighted by Crippen LogP contribution is -2.46. The van der Waals surface area contributed by atoms with Crippen LogP contribution in [0.25, 0.3) is 0 Å². The van der Waals surface area contributed by atoms with Gasteiger partial charge < -0.3 is 15.3 Å². The van der Waals surface area contributed by atoms with Gasteiger partial charge in [0.2, 0.25) is 11.8 Å². The Balaban J connectivity index is 1.87. The van der Waals surface area contributed by atoms with Crippen molar-refractivity contribution < 1.29 is 14.7 Å². The minimum absolute atomic E-state index is 0.0653. The molecule has 132 valence electrons. The molecule has 1 heterocycles. The molecular weight excluding hydrogens is 292 g/mol. The first-order valence-electron chi connectivity index (χ1n) is 9.11. The molecule has 2 aliphatic rings. The van der Waals surface area contributed by atoms with Crippen molar-refractivity contribution in [2.24, 2.45) is 11.8 Å². The van der Waals surface area contributed by atoms with E-state index >= 15 is 0 Å². The number of rotatable bonds is 5. The van der Waals surface area contributed by atoms with Gasteiger partial charge in [-0.1, -0.05) is 39.5 Å².